The van der Waals surface area contributed by atoms with Gasteiger partial charge < -0.3 is 10.4 Å². The van der Waals surface area contributed by atoms with Gasteiger partial charge in [0.25, 0.3) is 0 Å². The van der Waals surface area contributed by atoms with E-state index in [0.29, 0.717) is 0 Å². The number of alkyl halides is 1. The summed E-state index contributed by atoms with van der Waals surface area (Å²) in [6.07, 6.45) is 0.122. The average molecular weight is 228 g/mol. The Morgan fingerprint density at radius 1 is 1.33 bits per heavy atom. The first-order valence-electron chi connectivity index (χ1n) is 4.30. The lowest BCUT2D eigenvalue weighted by Gasteiger charge is -2.07. The van der Waals surface area contributed by atoms with E-state index in [9.17, 15) is 9.59 Å². The maximum absolute atomic E-state index is 11.3. The Kier molecular flexibility index (Phi) is 4.12. The van der Waals surface area contributed by atoms with Gasteiger partial charge in [-0.05, 0) is 5.56 Å². The van der Waals surface area contributed by atoms with Crippen LogP contribution in [0, 0.1) is 0 Å². The molecule has 80 valence electrons. The molecule has 0 heterocycles. The van der Waals surface area contributed by atoms with E-state index in [-0.39, 0.29) is 6.42 Å². The van der Waals surface area contributed by atoms with Crippen molar-refractivity contribution < 1.29 is 14.7 Å². The summed E-state index contributed by atoms with van der Waals surface area (Å²) < 4.78 is 0. The molecule has 15 heavy (non-hydrogen) atoms. The highest BCUT2D eigenvalue weighted by atomic mass is 35.5. The van der Waals surface area contributed by atoms with E-state index in [4.69, 9.17) is 16.7 Å². The zero-order chi connectivity index (χ0) is 11.3. The number of halogens is 1. The zero-order valence-corrected chi connectivity index (χ0v) is 8.57. The van der Waals surface area contributed by atoms with Crippen molar-refractivity contribution in [2.24, 2.45) is 0 Å². The minimum atomic E-state index is -1.37. The van der Waals surface area contributed by atoms with Crippen LogP contribution in [-0.4, -0.2) is 22.5 Å². The van der Waals surface area contributed by atoms with Crippen molar-refractivity contribution in [2.45, 2.75) is 11.9 Å². The number of carboxylic acid groups (broad SMARTS) is 1. The van der Waals surface area contributed by atoms with E-state index >= 15 is 0 Å². The van der Waals surface area contributed by atoms with Crippen molar-refractivity contribution in [3.8, 4) is 0 Å². The first kappa shape index (κ1) is 11.5. The molecule has 1 amide bonds. The summed E-state index contributed by atoms with van der Waals surface area (Å²) in [5, 5.41) is 10.6. The lowest BCUT2D eigenvalue weighted by atomic mass is 10.1. The van der Waals surface area contributed by atoms with Gasteiger partial charge in [0.1, 0.15) is 0 Å². The Morgan fingerprint density at radius 3 is 2.47 bits per heavy atom. The topological polar surface area (TPSA) is 66.4 Å². The molecule has 0 saturated carbocycles. The van der Waals surface area contributed by atoms with E-state index in [1.165, 1.54) is 0 Å². The molecule has 0 radical (unpaired) electrons. The third kappa shape index (κ3) is 3.99. The summed E-state index contributed by atoms with van der Waals surface area (Å²) >= 11 is 5.35. The zero-order valence-electron chi connectivity index (χ0n) is 7.81. The molecular weight excluding hydrogens is 218 g/mol. The van der Waals surface area contributed by atoms with Crippen molar-refractivity contribution in [3.05, 3.63) is 35.9 Å². The van der Waals surface area contributed by atoms with Gasteiger partial charge >= 0.3 is 5.97 Å². The van der Waals surface area contributed by atoms with Crippen molar-refractivity contribution in [1.29, 1.82) is 0 Å². The summed E-state index contributed by atoms with van der Waals surface area (Å²) in [6, 6.07) is 9.01. The number of hydrogen-bond donors (Lipinski definition) is 2. The average Bonchev–Trinajstić information content (AvgIpc) is 2.18. The first-order chi connectivity index (χ1) is 7.09. The minimum absolute atomic E-state index is 0.122. The largest absolute Gasteiger partial charge is 0.479 e. The van der Waals surface area contributed by atoms with Crippen LogP contribution in [0.15, 0.2) is 30.3 Å². The minimum Gasteiger partial charge on any atom is -0.479 e. The van der Waals surface area contributed by atoms with E-state index < -0.39 is 17.4 Å². The van der Waals surface area contributed by atoms with Crippen LogP contribution in [0.4, 0.5) is 0 Å². The molecule has 0 aromatic heterocycles. The second kappa shape index (κ2) is 5.36. The second-order valence-electron chi connectivity index (χ2n) is 2.93. The van der Waals surface area contributed by atoms with Crippen LogP contribution in [0.2, 0.25) is 0 Å². The van der Waals surface area contributed by atoms with Crippen LogP contribution in [0.25, 0.3) is 0 Å². The molecule has 0 aliphatic rings. The number of rotatable bonds is 4. The Balaban J connectivity index is 2.47. The van der Waals surface area contributed by atoms with Gasteiger partial charge in [0, 0.05) is 0 Å². The smallest absolute Gasteiger partial charge is 0.341 e. The molecule has 5 heteroatoms. The molecule has 1 atom stereocenters. The summed E-state index contributed by atoms with van der Waals surface area (Å²) in [5.74, 6) is -1.68. The standard InChI is InChI=1S/C10H10ClNO3/c11-9(10(14)15)12-8(13)6-7-4-2-1-3-5-7/h1-5,9H,6H2,(H,12,13)(H,14,15). The Labute approximate surface area is 91.9 Å². The Bertz CT molecular complexity index is 353. The number of carbonyl (C=O) groups is 2. The monoisotopic (exact) mass is 227 g/mol. The number of hydrogen-bond acceptors (Lipinski definition) is 2. The van der Waals surface area contributed by atoms with E-state index in [1.807, 2.05) is 6.07 Å². The molecule has 0 aliphatic heterocycles. The van der Waals surface area contributed by atoms with Crippen LogP contribution in [0.3, 0.4) is 0 Å². The quantitative estimate of drug-likeness (QED) is 0.596. The van der Waals surface area contributed by atoms with Crippen LogP contribution in [0.5, 0.6) is 0 Å². The van der Waals surface area contributed by atoms with Crippen LogP contribution >= 0.6 is 11.6 Å². The Hall–Kier alpha value is -1.55. The lowest BCUT2D eigenvalue weighted by molar-refractivity contribution is -0.139. The molecule has 1 rings (SSSR count). The predicted octanol–water partition coefficient (Wildman–Crippen LogP) is 0.995. The number of benzene rings is 1. The summed E-state index contributed by atoms with van der Waals surface area (Å²) in [4.78, 5) is 21.6. The number of carboxylic acids is 1. The summed E-state index contributed by atoms with van der Waals surface area (Å²) in [7, 11) is 0. The van der Waals surface area contributed by atoms with Gasteiger partial charge in [-0.15, -0.1) is 0 Å². The molecule has 4 nitrogen and oxygen atoms in total. The Morgan fingerprint density at radius 2 is 1.93 bits per heavy atom. The van der Waals surface area contributed by atoms with E-state index in [2.05, 4.69) is 5.32 Å². The predicted molar refractivity (Wildman–Crippen MR) is 55.6 cm³/mol. The highest BCUT2D eigenvalue weighted by Gasteiger charge is 2.15. The van der Waals surface area contributed by atoms with Gasteiger partial charge in [-0.3, -0.25) is 4.79 Å². The molecule has 0 bridgehead atoms. The van der Waals surface area contributed by atoms with Crippen molar-refractivity contribution in [3.63, 3.8) is 0 Å². The van der Waals surface area contributed by atoms with Gasteiger partial charge in [0.15, 0.2) is 0 Å². The fourth-order valence-electron chi connectivity index (χ4n) is 1.04. The maximum Gasteiger partial charge on any atom is 0.341 e. The SMILES string of the molecule is O=C(Cc1ccccc1)NC(Cl)C(=O)O. The van der Waals surface area contributed by atoms with Crippen LogP contribution in [0.1, 0.15) is 5.56 Å². The molecule has 0 aliphatic carbocycles. The van der Waals surface area contributed by atoms with Crippen molar-refractivity contribution >= 4 is 23.5 Å². The summed E-state index contributed by atoms with van der Waals surface area (Å²) in [6.45, 7) is 0. The number of aliphatic carboxylic acids is 1. The fraction of sp³-hybridized carbons (Fsp3) is 0.200. The van der Waals surface area contributed by atoms with Crippen molar-refractivity contribution in [1.82, 2.24) is 5.32 Å². The van der Waals surface area contributed by atoms with Gasteiger partial charge in [-0.1, -0.05) is 41.9 Å². The third-order valence-electron chi connectivity index (χ3n) is 1.71. The molecule has 1 aromatic rings. The highest BCUT2D eigenvalue weighted by Crippen LogP contribution is 2.00. The number of carbonyl (C=O) groups excluding carboxylic acids is 1. The number of amides is 1. The molecule has 0 saturated heterocycles. The number of nitrogens with one attached hydrogen (secondary N) is 1. The van der Waals surface area contributed by atoms with Crippen LogP contribution in [-0.2, 0) is 16.0 Å². The first-order valence-corrected chi connectivity index (χ1v) is 4.73. The second-order valence-corrected chi connectivity index (χ2v) is 3.37. The fourth-order valence-corrected chi connectivity index (χ4v) is 1.16. The van der Waals surface area contributed by atoms with Gasteiger partial charge in [0.2, 0.25) is 11.4 Å². The van der Waals surface area contributed by atoms with E-state index in [0.717, 1.165) is 5.56 Å². The maximum atomic E-state index is 11.3. The molecular formula is C10H10ClNO3. The molecule has 1 aromatic carbocycles. The lowest BCUT2D eigenvalue weighted by Crippen LogP contribution is -2.37. The summed E-state index contributed by atoms with van der Waals surface area (Å²) in [5.41, 5.74) is -0.564. The molecule has 0 spiro atoms. The molecule has 1 unspecified atom stereocenters. The molecule has 0 fully saturated rings. The highest BCUT2D eigenvalue weighted by molar-refractivity contribution is 6.30. The van der Waals surface area contributed by atoms with E-state index in [1.54, 1.807) is 24.3 Å². The normalized spacial score (nSPS) is 11.8. The van der Waals surface area contributed by atoms with Gasteiger partial charge in [0.05, 0.1) is 6.42 Å². The van der Waals surface area contributed by atoms with Gasteiger partial charge in [-0.2, -0.15) is 0 Å². The van der Waals surface area contributed by atoms with Crippen LogP contribution < -0.4 is 5.32 Å². The van der Waals surface area contributed by atoms with Crippen molar-refractivity contribution in [2.75, 3.05) is 0 Å². The molecule has 2 N–H and O–H groups in total. The van der Waals surface area contributed by atoms with Gasteiger partial charge in [-0.25, -0.2) is 4.79 Å². The third-order valence-corrected chi connectivity index (χ3v) is 2.01.